The number of nitro groups is 1. The number of rotatable bonds is 5. The van der Waals surface area contributed by atoms with Gasteiger partial charge in [-0.2, -0.15) is 4.39 Å². The highest BCUT2D eigenvalue weighted by atomic mass is 19.1. The molecular weight excluding hydrogens is 263 g/mol. The molecule has 20 heavy (non-hydrogen) atoms. The molecule has 0 aliphatic rings. The number of benzene rings is 2. The molecule has 104 valence electrons. The van der Waals surface area contributed by atoms with Crippen LogP contribution in [0, 0.1) is 15.9 Å². The quantitative estimate of drug-likeness (QED) is 0.672. The van der Waals surface area contributed by atoms with Crippen molar-refractivity contribution >= 4 is 5.69 Å². The van der Waals surface area contributed by atoms with Crippen LogP contribution in [-0.2, 0) is 13.2 Å². The van der Waals surface area contributed by atoms with Gasteiger partial charge in [0, 0.05) is 12.6 Å². The molecule has 2 N–H and O–H groups in total. The van der Waals surface area contributed by atoms with Gasteiger partial charge in [-0.15, -0.1) is 0 Å². The van der Waals surface area contributed by atoms with E-state index in [9.17, 15) is 14.5 Å². The predicted octanol–water partition coefficient (Wildman–Crippen LogP) is 2.77. The van der Waals surface area contributed by atoms with Crippen molar-refractivity contribution in [1.82, 2.24) is 0 Å². The molecule has 6 heteroatoms. The van der Waals surface area contributed by atoms with Gasteiger partial charge in [0.1, 0.15) is 12.4 Å². The van der Waals surface area contributed by atoms with Gasteiger partial charge in [-0.3, -0.25) is 10.1 Å². The van der Waals surface area contributed by atoms with E-state index in [-0.39, 0.29) is 6.61 Å². The summed E-state index contributed by atoms with van der Waals surface area (Å²) < 4.78 is 18.9. The van der Waals surface area contributed by atoms with Gasteiger partial charge in [-0.05, 0) is 35.4 Å². The summed E-state index contributed by atoms with van der Waals surface area (Å²) in [7, 11) is 0. The number of halogens is 1. The van der Waals surface area contributed by atoms with E-state index in [0.29, 0.717) is 17.9 Å². The lowest BCUT2D eigenvalue weighted by molar-refractivity contribution is -0.387. The smallest absolute Gasteiger partial charge is 0.304 e. The second kappa shape index (κ2) is 6.12. The number of nitro benzene ring substituents is 1. The van der Waals surface area contributed by atoms with Gasteiger partial charge in [0.05, 0.1) is 4.92 Å². The average Bonchev–Trinajstić information content (AvgIpc) is 2.45. The third-order valence-electron chi connectivity index (χ3n) is 2.77. The van der Waals surface area contributed by atoms with Crippen LogP contribution in [0.5, 0.6) is 5.75 Å². The Morgan fingerprint density at radius 3 is 2.35 bits per heavy atom. The molecule has 0 aliphatic heterocycles. The molecule has 0 aliphatic carbocycles. The molecule has 0 bridgehead atoms. The van der Waals surface area contributed by atoms with Crippen LogP contribution < -0.4 is 10.5 Å². The molecule has 0 spiro atoms. The van der Waals surface area contributed by atoms with Crippen LogP contribution in [-0.4, -0.2) is 4.92 Å². The third kappa shape index (κ3) is 3.30. The number of nitrogens with zero attached hydrogens (tertiary/aromatic N) is 1. The van der Waals surface area contributed by atoms with E-state index >= 15 is 0 Å². The molecule has 0 unspecified atom stereocenters. The van der Waals surface area contributed by atoms with Gasteiger partial charge in [0.15, 0.2) is 0 Å². The van der Waals surface area contributed by atoms with Crippen molar-refractivity contribution < 1.29 is 14.1 Å². The van der Waals surface area contributed by atoms with Crippen molar-refractivity contribution in [2.75, 3.05) is 0 Å². The minimum absolute atomic E-state index is 0.136. The molecule has 0 fully saturated rings. The Hall–Kier alpha value is -2.47. The van der Waals surface area contributed by atoms with Gasteiger partial charge in [0.2, 0.25) is 5.82 Å². The van der Waals surface area contributed by atoms with Crippen molar-refractivity contribution in [3.8, 4) is 5.75 Å². The first-order valence-corrected chi connectivity index (χ1v) is 5.95. The van der Waals surface area contributed by atoms with Crippen LogP contribution in [0.4, 0.5) is 10.1 Å². The van der Waals surface area contributed by atoms with Crippen LogP contribution in [0.3, 0.4) is 0 Å². The Morgan fingerprint density at radius 2 is 1.80 bits per heavy atom. The van der Waals surface area contributed by atoms with Crippen LogP contribution >= 0.6 is 0 Å². The summed E-state index contributed by atoms with van der Waals surface area (Å²) in [6.07, 6.45) is 0. The summed E-state index contributed by atoms with van der Waals surface area (Å²) in [6.45, 7) is 0.588. The Balaban J connectivity index is 2.03. The van der Waals surface area contributed by atoms with Crippen molar-refractivity contribution in [3.63, 3.8) is 0 Å². The van der Waals surface area contributed by atoms with Gasteiger partial charge in [-0.1, -0.05) is 12.1 Å². The molecular formula is C14H13FN2O3. The Kier molecular flexibility index (Phi) is 4.27. The van der Waals surface area contributed by atoms with Crippen molar-refractivity contribution in [2.45, 2.75) is 13.2 Å². The maximum Gasteiger partial charge on any atom is 0.304 e. The highest BCUT2D eigenvalue weighted by molar-refractivity contribution is 5.35. The van der Waals surface area contributed by atoms with Crippen molar-refractivity contribution in [1.29, 1.82) is 0 Å². The molecule has 2 aromatic rings. The number of nitrogens with two attached hydrogens (primary N) is 1. The Morgan fingerprint density at radius 1 is 1.15 bits per heavy atom. The molecule has 0 saturated carbocycles. The van der Waals surface area contributed by atoms with Gasteiger partial charge in [-0.25, -0.2) is 0 Å². The molecule has 2 aromatic carbocycles. The van der Waals surface area contributed by atoms with E-state index in [0.717, 1.165) is 17.7 Å². The topological polar surface area (TPSA) is 78.4 Å². The van der Waals surface area contributed by atoms with E-state index in [1.807, 2.05) is 12.1 Å². The third-order valence-corrected chi connectivity index (χ3v) is 2.77. The minimum Gasteiger partial charge on any atom is -0.489 e. The summed E-state index contributed by atoms with van der Waals surface area (Å²) in [5, 5.41) is 10.5. The second-order valence-electron chi connectivity index (χ2n) is 4.18. The fraction of sp³-hybridized carbons (Fsp3) is 0.143. The number of ether oxygens (including phenoxy) is 1. The highest BCUT2D eigenvalue weighted by Gasteiger charge is 2.13. The molecule has 0 atom stereocenters. The number of hydrogen-bond acceptors (Lipinski definition) is 4. The van der Waals surface area contributed by atoms with Crippen LogP contribution in [0.1, 0.15) is 11.1 Å². The fourth-order valence-electron chi connectivity index (χ4n) is 1.68. The zero-order valence-electron chi connectivity index (χ0n) is 10.6. The summed E-state index contributed by atoms with van der Waals surface area (Å²) in [5.74, 6) is -0.240. The van der Waals surface area contributed by atoms with E-state index in [1.165, 1.54) is 6.07 Å². The van der Waals surface area contributed by atoms with E-state index < -0.39 is 16.4 Å². The second-order valence-corrected chi connectivity index (χ2v) is 4.18. The molecule has 0 saturated heterocycles. The van der Waals surface area contributed by atoms with Gasteiger partial charge < -0.3 is 10.5 Å². The SMILES string of the molecule is NCc1ccc(OCc2ccc([N+](=O)[O-])c(F)c2)cc1. The Labute approximate surface area is 114 Å². The molecule has 0 radical (unpaired) electrons. The standard InChI is InChI=1S/C14H13FN2O3/c15-13-7-11(3-6-14(13)17(18)19)9-20-12-4-1-10(8-16)2-5-12/h1-7H,8-9,16H2. The van der Waals surface area contributed by atoms with E-state index in [4.69, 9.17) is 10.5 Å². The minimum atomic E-state index is -0.866. The average molecular weight is 276 g/mol. The highest BCUT2D eigenvalue weighted by Crippen LogP contribution is 2.19. The maximum absolute atomic E-state index is 13.4. The van der Waals surface area contributed by atoms with Crippen LogP contribution in [0.15, 0.2) is 42.5 Å². The summed E-state index contributed by atoms with van der Waals surface area (Å²) in [5.41, 5.74) is 6.45. The zero-order chi connectivity index (χ0) is 14.5. The lowest BCUT2D eigenvalue weighted by Crippen LogP contribution is -1.99. The first-order chi connectivity index (χ1) is 9.60. The molecule has 5 nitrogen and oxygen atoms in total. The Bertz CT molecular complexity index is 614. The van der Waals surface area contributed by atoms with Gasteiger partial charge >= 0.3 is 5.69 Å². The van der Waals surface area contributed by atoms with E-state index in [2.05, 4.69) is 0 Å². The molecule has 2 rings (SSSR count). The van der Waals surface area contributed by atoms with Gasteiger partial charge in [0.25, 0.3) is 0 Å². The zero-order valence-corrected chi connectivity index (χ0v) is 10.6. The molecule has 0 aromatic heterocycles. The number of hydrogen-bond donors (Lipinski definition) is 1. The molecule has 0 amide bonds. The fourth-order valence-corrected chi connectivity index (χ4v) is 1.68. The first kappa shape index (κ1) is 14.0. The predicted molar refractivity (Wildman–Crippen MR) is 71.7 cm³/mol. The van der Waals surface area contributed by atoms with Crippen molar-refractivity contribution in [3.05, 3.63) is 69.5 Å². The monoisotopic (exact) mass is 276 g/mol. The normalized spacial score (nSPS) is 10.3. The first-order valence-electron chi connectivity index (χ1n) is 5.95. The summed E-state index contributed by atoms with van der Waals surface area (Å²) in [6, 6.07) is 10.9. The maximum atomic E-state index is 13.4. The summed E-state index contributed by atoms with van der Waals surface area (Å²) in [4.78, 5) is 9.74. The van der Waals surface area contributed by atoms with Crippen molar-refractivity contribution in [2.24, 2.45) is 5.73 Å². The lowest BCUT2D eigenvalue weighted by atomic mass is 10.2. The lowest BCUT2D eigenvalue weighted by Gasteiger charge is -2.07. The van der Waals surface area contributed by atoms with Crippen LogP contribution in [0.25, 0.3) is 0 Å². The van der Waals surface area contributed by atoms with Crippen LogP contribution in [0.2, 0.25) is 0 Å². The molecule has 0 heterocycles. The summed E-state index contributed by atoms with van der Waals surface area (Å²) >= 11 is 0. The van der Waals surface area contributed by atoms with E-state index in [1.54, 1.807) is 12.1 Å². The largest absolute Gasteiger partial charge is 0.489 e.